The molecule has 0 unspecified atom stereocenters. The fourth-order valence-corrected chi connectivity index (χ4v) is 3.85. The van der Waals surface area contributed by atoms with Gasteiger partial charge in [0.2, 0.25) is 0 Å². The van der Waals surface area contributed by atoms with Gasteiger partial charge in [-0.1, -0.05) is 17.7 Å². The van der Waals surface area contributed by atoms with Crippen LogP contribution in [0, 0.1) is 6.92 Å². The highest BCUT2D eigenvalue weighted by Gasteiger charge is 2.48. The van der Waals surface area contributed by atoms with Gasteiger partial charge in [-0.15, -0.1) is 0 Å². The average molecular weight is 397 g/mol. The van der Waals surface area contributed by atoms with Gasteiger partial charge < -0.3 is 20.7 Å². The van der Waals surface area contributed by atoms with E-state index in [1.54, 1.807) is 19.1 Å². The van der Waals surface area contributed by atoms with E-state index in [-0.39, 0.29) is 10.7 Å². The topological polar surface area (TPSA) is 154 Å². The number of benzene rings is 1. The van der Waals surface area contributed by atoms with Gasteiger partial charge in [0.25, 0.3) is 10.1 Å². The fourth-order valence-electron chi connectivity index (χ4n) is 2.74. The maximum atomic E-state index is 12.5. The zero-order valence-electron chi connectivity index (χ0n) is 14.3. The van der Waals surface area contributed by atoms with Crippen LogP contribution in [-0.2, 0) is 19.0 Å². The second-order valence-corrected chi connectivity index (χ2v) is 7.68. The Morgan fingerprint density at radius 3 is 2.56 bits per heavy atom. The first kappa shape index (κ1) is 19.5. The Hall–Kier alpha value is -2.31. The number of ether oxygens (including phenoxy) is 1. The van der Waals surface area contributed by atoms with Gasteiger partial charge in [0, 0.05) is 6.20 Å². The minimum absolute atomic E-state index is 0.0165. The lowest BCUT2D eigenvalue weighted by Crippen LogP contribution is -2.39. The third-order valence-electron chi connectivity index (χ3n) is 4.16. The zero-order chi connectivity index (χ0) is 19.8. The number of aryl methyl sites for hydroxylation is 1. The van der Waals surface area contributed by atoms with Gasteiger partial charge in [0.15, 0.2) is 6.23 Å². The van der Waals surface area contributed by atoms with Crippen molar-refractivity contribution in [1.82, 2.24) is 9.55 Å². The molecule has 27 heavy (non-hydrogen) atoms. The van der Waals surface area contributed by atoms with Crippen LogP contribution in [0.3, 0.4) is 0 Å². The van der Waals surface area contributed by atoms with Crippen molar-refractivity contribution in [3.05, 3.63) is 52.6 Å². The molecule has 0 saturated carbocycles. The van der Waals surface area contributed by atoms with Crippen molar-refractivity contribution in [2.45, 2.75) is 36.4 Å². The summed E-state index contributed by atoms with van der Waals surface area (Å²) in [5, 5.41) is 20.0. The lowest BCUT2D eigenvalue weighted by molar-refractivity contribution is -0.0542. The molecule has 3 rings (SSSR count). The normalized spacial score (nSPS) is 25.6. The first-order chi connectivity index (χ1) is 12.7. The fraction of sp³-hybridized carbons (Fsp3) is 0.375. The summed E-state index contributed by atoms with van der Waals surface area (Å²) in [6.07, 6.45) is -4.18. The highest BCUT2D eigenvalue weighted by atomic mass is 32.2. The minimum Gasteiger partial charge on any atom is -0.394 e. The predicted octanol–water partition coefficient (Wildman–Crippen LogP) is -0.841. The van der Waals surface area contributed by atoms with Crippen molar-refractivity contribution in [2.75, 3.05) is 12.3 Å². The second-order valence-electron chi connectivity index (χ2n) is 6.11. The quantitative estimate of drug-likeness (QED) is 0.548. The van der Waals surface area contributed by atoms with Crippen LogP contribution in [0.4, 0.5) is 5.82 Å². The van der Waals surface area contributed by atoms with Crippen LogP contribution in [0.15, 0.2) is 46.2 Å². The molecule has 0 aliphatic carbocycles. The predicted molar refractivity (Wildman–Crippen MR) is 93.1 cm³/mol. The molecule has 0 bridgehead atoms. The summed E-state index contributed by atoms with van der Waals surface area (Å²) in [6.45, 7) is 1.18. The summed E-state index contributed by atoms with van der Waals surface area (Å²) in [5.41, 5.74) is 5.50. The van der Waals surface area contributed by atoms with E-state index in [0.29, 0.717) is 0 Å². The van der Waals surface area contributed by atoms with Gasteiger partial charge in [0.05, 0.1) is 11.5 Å². The highest BCUT2D eigenvalue weighted by Crippen LogP contribution is 2.32. The molecule has 1 aromatic carbocycles. The van der Waals surface area contributed by atoms with Crippen molar-refractivity contribution >= 4 is 15.9 Å². The summed E-state index contributed by atoms with van der Waals surface area (Å²) in [7, 11) is -4.23. The Morgan fingerprint density at radius 2 is 1.96 bits per heavy atom. The van der Waals surface area contributed by atoms with Gasteiger partial charge in [0.1, 0.15) is 24.1 Å². The van der Waals surface area contributed by atoms with Crippen LogP contribution in [-0.4, -0.2) is 53.1 Å². The molecule has 10 nitrogen and oxygen atoms in total. The van der Waals surface area contributed by atoms with Crippen LogP contribution in [0.25, 0.3) is 0 Å². The first-order valence-corrected chi connectivity index (χ1v) is 9.43. The van der Waals surface area contributed by atoms with Gasteiger partial charge in [-0.2, -0.15) is 13.4 Å². The van der Waals surface area contributed by atoms with Crippen molar-refractivity contribution in [2.24, 2.45) is 0 Å². The SMILES string of the molecule is Cc1ccc(S(=O)(=O)O[C@H]2[C@@H](O)[C@H](n3ccc(N)nc3=O)O[C@@H]2CO)cc1. The molecule has 4 atom stereocenters. The van der Waals surface area contributed by atoms with E-state index in [0.717, 1.165) is 10.1 Å². The largest absolute Gasteiger partial charge is 0.394 e. The Labute approximate surface area is 154 Å². The third-order valence-corrected chi connectivity index (χ3v) is 5.49. The zero-order valence-corrected chi connectivity index (χ0v) is 15.1. The summed E-state index contributed by atoms with van der Waals surface area (Å²) >= 11 is 0. The van der Waals surface area contributed by atoms with Gasteiger partial charge in [-0.05, 0) is 25.1 Å². The third kappa shape index (κ3) is 3.87. The van der Waals surface area contributed by atoms with Crippen molar-refractivity contribution in [1.29, 1.82) is 0 Å². The summed E-state index contributed by atoms with van der Waals surface area (Å²) in [6, 6.07) is 7.26. The molecule has 2 heterocycles. The average Bonchev–Trinajstić information content (AvgIpc) is 2.91. The summed E-state index contributed by atoms with van der Waals surface area (Å²) in [4.78, 5) is 15.4. The summed E-state index contributed by atoms with van der Waals surface area (Å²) < 4.78 is 36.5. The number of nitrogens with zero attached hydrogens (tertiary/aromatic N) is 2. The lowest BCUT2D eigenvalue weighted by atomic mass is 10.1. The Balaban J connectivity index is 1.88. The van der Waals surface area contributed by atoms with E-state index in [2.05, 4.69) is 4.98 Å². The Kier molecular flexibility index (Phi) is 5.31. The molecule has 4 N–H and O–H groups in total. The number of nitrogens with two attached hydrogens (primary N) is 1. The van der Waals surface area contributed by atoms with Crippen molar-refractivity contribution < 1.29 is 27.6 Å². The van der Waals surface area contributed by atoms with Gasteiger partial charge in [-0.3, -0.25) is 8.75 Å². The lowest BCUT2D eigenvalue weighted by Gasteiger charge is -2.19. The number of aliphatic hydroxyl groups excluding tert-OH is 2. The first-order valence-electron chi connectivity index (χ1n) is 8.02. The van der Waals surface area contributed by atoms with Crippen LogP contribution in [0.5, 0.6) is 0 Å². The van der Waals surface area contributed by atoms with Crippen LogP contribution in [0.1, 0.15) is 11.8 Å². The van der Waals surface area contributed by atoms with Gasteiger partial charge in [-0.25, -0.2) is 4.79 Å². The Morgan fingerprint density at radius 1 is 1.30 bits per heavy atom. The van der Waals surface area contributed by atoms with E-state index in [1.807, 2.05) is 0 Å². The van der Waals surface area contributed by atoms with Crippen LogP contribution in [0.2, 0.25) is 0 Å². The Bertz CT molecular complexity index is 974. The molecule has 2 aromatic rings. The molecule has 11 heteroatoms. The number of aromatic nitrogens is 2. The van der Waals surface area contributed by atoms with Crippen molar-refractivity contribution in [3.63, 3.8) is 0 Å². The monoisotopic (exact) mass is 397 g/mol. The summed E-state index contributed by atoms with van der Waals surface area (Å²) in [5.74, 6) is -0.0165. The minimum atomic E-state index is -4.23. The molecule has 1 aromatic heterocycles. The van der Waals surface area contributed by atoms with Crippen LogP contribution >= 0.6 is 0 Å². The molecule has 1 saturated heterocycles. The van der Waals surface area contributed by atoms with Crippen LogP contribution < -0.4 is 11.4 Å². The molecule has 0 radical (unpaired) electrons. The number of hydrogen-bond donors (Lipinski definition) is 3. The maximum absolute atomic E-state index is 12.5. The smallest absolute Gasteiger partial charge is 0.351 e. The molecular formula is C16H19N3O7S. The number of anilines is 1. The number of nitrogen functional groups attached to an aromatic ring is 1. The number of rotatable bonds is 5. The molecule has 1 aliphatic heterocycles. The van der Waals surface area contributed by atoms with E-state index in [9.17, 15) is 23.4 Å². The molecule has 1 fully saturated rings. The number of aliphatic hydroxyl groups is 2. The van der Waals surface area contributed by atoms with E-state index >= 15 is 0 Å². The molecule has 146 valence electrons. The maximum Gasteiger partial charge on any atom is 0.351 e. The standard InChI is InChI=1S/C16H19N3O7S/c1-9-2-4-10(5-3-9)27(23,24)26-14-11(8-20)25-15(13(14)21)19-7-6-12(17)18-16(19)22/h2-7,11,13-15,20-21H,8H2,1H3,(H2,17,18,22)/t11-,13-,14-,15-/m1/s1. The molecule has 1 aliphatic rings. The van der Waals surface area contributed by atoms with Gasteiger partial charge >= 0.3 is 5.69 Å². The van der Waals surface area contributed by atoms with Crippen molar-refractivity contribution in [3.8, 4) is 0 Å². The van der Waals surface area contributed by atoms with E-state index in [1.165, 1.54) is 24.4 Å². The molecular weight excluding hydrogens is 378 g/mol. The molecule has 0 amide bonds. The second kappa shape index (κ2) is 7.37. The number of hydrogen-bond acceptors (Lipinski definition) is 9. The molecule has 0 spiro atoms. The van der Waals surface area contributed by atoms with E-state index in [4.69, 9.17) is 14.7 Å². The highest BCUT2D eigenvalue weighted by molar-refractivity contribution is 7.86. The van der Waals surface area contributed by atoms with E-state index < -0.39 is 47.0 Å².